The highest BCUT2D eigenvalue weighted by Gasteiger charge is 2.42. The molecule has 2 fully saturated rings. The van der Waals surface area contributed by atoms with Gasteiger partial charge in [0.25, 0.3) is 0 Å². The van der Waals surface area contributed by atoms with E-state index in [4.69, 9.17) is 0 Å². The molecule has 2 bridgehead atoms. The summed E-state index contributed by atoms with van der Waals surface area (Å²) in [5.41, 5.74) is 2.02. The van der Waals surface area contributed by atoms with E-state index in [1.807, 2.05) is 0 Å². The topological polar surface area (TPSA) is 20.2 Å². The number of hydrogen-bond acceptors (Lipinski definition) is 2. The lowest BCUT2D eigenvalue weighted by Gasteiger charge is -2.44. The number of fused-ring (bicyclic) bond motifs is 2. The fourth-order valence-electron chi connectivity index (χ4n) is 3.63. The first-order valence-corrected chi connectivity index (χ1v) is 8.80. The van der Waals surface area contributed by atoms with E-state index in [0.29, 0.717) is 10.5 Å². The first-order valence-electron chi connectivity index (χ1n) is 7.86. The van der Waals surface area contributed by atoms with E-state index >= 15 is 0 Å². The highest BCUT2D eigenvalue weighted by atomic mass is 32.2. The van der Waals surface area contributed by atoms with Gasteiger partial charge in [-0.15, -0.1) is 0 Å². The molecule has 2 atom stereocenters. The molecule has 0 amide bonds. The van der Waals surface area contributed by atoms with Crippen LogP contribution in [0.15, 0.2) is 24.3 Å². The van der Waals surface area contributed by atoms with Gasteiger partial charge in [-0.25, -0.2) is 0 Å². The van der Waals surface area contributed by atoms with Crippen LogP contribution in [0.4, 0.5) is 0 Å². The van der Waals surface area contributed by atoms with Crippen molar-refractivity contribution in [2.24, 2.45) is 0 Å². The van der Waals surface area contributed by atoms with Gasteiger partial charge in [0.2, 0.25) is 0 Å². The Morgan fingerprint density at radius 2 is 1.80 bits per heavy atom. The summed E-state index contributed by atoms with van der Waals surface area (Å²) in [7, 11) is 0. The zero-order valence-electron chi connectivity index (χ0n) is 12.9. The maximum absolute atomic E-state index is 11.2. The maximum Gasteiger partial charge on any atom is 0.0917 e. The Morgan fingerprint density at radius 1 is 1.15 bits per heavy atom. The van der Waals surface area contributed by atoms with Gasteiger partial charge in [-0.2, -0.15) is 11.8 Å². The number of hydrogen-bond donors (Lipinski definition) is 1. The van der Waals surface area contributed by atoms with Crippen molar-refractivity contribution in [2.45, 2.75) is 74.4 Å². The van der Waals surface area contributed by atoms with Crippen LogP contribution in [0.1, 0.15) is 64.0 Å². The molecular formula is C18H26OS. The Bertz CT molecular complexity index is 476. The first-order chi connectivity index (χ1) is 9.37. The third kappa shape index (κ3) is 2.78. The molecule has 2 aliphatic rings. The number of aliphatic hydroxyl groups is 1. The van der Waals surface area contributed by atoms with E-state index in [1.165, 1.54) is 24.8 Å². The summed E-state index contributed by atoms with van der Waals surface area (Å²) in [4.78, 5) is 0. The SMILES string of the molecule is CC(C)(C)c1cccc(C2(O)CC3CCCC(C2)S3)c1. The fourth-order valence-corrected chi connectivity index (χ4v) is 5.52. The van der Waals surface area contributed by atoms with E-state index in [9.17, 15) is 5.11 Å². The van der Waals surface area contributed by atoms with Gasteiger partial charge < -0.3 is 5.11 Å². The van der Waals surface area contributed by atoms with Crippen molar-refractivity contribution in [1.82, 2.24) is 0 Å². The second-order valence-electron chi connectivity index (χ2n) is 7.58. The summed E-state index contributed by atoms with van der Waals surface area (Å²) in [5.74, 6) is 0. The predicted octanol–water partition coefficient (Wildman–Crippen LogP) is 4.62. The number of rotatable bonds is 1. The van der Waals surface area contributed by atoms with Crippen LogP contribution in [0.3, 0.4) is 0 Å². The molecule has 0 radical (unpaired) electrons. The van der Waals surface area contributed by atoms with Crippen LogP contribution in [0.5, 0.6) is 0 Å². The Hall–Kier alpha value is -0.470. The Labute approximate surface area is 127 Å². The number of benzene rings is 1. The van der Waals surface area contributed by atoms with Crippen molar-refractivity contribution in [3.8, 4) is 0 Å². The van der Waals surface area contributed by atoms with Crippen molar-refractivity contribution in [3.63, 3.8) is 0 Å². The monoisotopic (exact) mass is 290 g/mol. The molecule has 0 aromatic heterocycles. The predicted molar refractivity (Wildman–Crippen MR) is 87.3 cm³/mol. The molecule has 2 unspecified atom stereocenters. The molecule has 2 saturated heterocycles. The van der Waals surface area contributed by atoms with Gasteiger partial charge in [-0.1, -0.05) is 51.5 Å². The summed E-state index contributed by atoms with van der Waals surface area (Å²) < 4.78 is 0. The highest BCUT2D eigenvalue weighted by Crippen LogP contribution is 2.49. The molecule has 20 heavy (non-hydrogen) atoms. The summed E-state index contributed by atoms with van der Waals surface area (Å²) in [6.07, 6.45) is 5.77. The number of thioether (sulfide) groups is 1. The quantitative estimate of drug-likeness (QED) is 0.814. The Kier molecular flexibility index (Phi) is 3.66. The van der Waals surface area contributed by atoms with Gasteiger partial charge in [0.15, 0.2) is 0 Å². The lowest BCUT2D eigenvalue weighted by molar-refractivity contribution is 0.00802. The van der Waals surface area contributed by atoms with Crippen LogP contribution in [0.25, 0.3) is 0 Å². The minimum Gasteiger partial charge on any atom is -0.385 e. The van der Waals surface area contributed by atoms with Crippen LogP contribution in [-0.2, 0) is 11.0 Å². The van der Waals surface area contributed by atoms with Crippen molar-refractivity contribution < 1.29 is 5.11 Å². The van der Waals surface area contributed by atoms with Crippen molar-refractivity contribution in [1.29, 1.82) is 0 Å². The molecule has 2 heterocycles. The molecule has 2 aliphatic heterocycles. The van der Waals surface area contributed by atoms with Gasteiger partial charge in [-0.05, 0) is 42.2 Å². The van der Waals surface area contributed by atoms with E-state index in [2.05, 4.69) is 56.8 Å². The Balaban J connectivity index is 1.91. The van der Waals surface area contributed by atoms with E-state index in [-0.39, 0.29) is 5.41 Å². The molecule has 1 nitrogen and oxygen atoms in total. The van der Waals surface area contributed by atoms with Crippen LogP contribution in [-0.4, -0.2) is 15.6 Å². The highest BCUT2D eigenvalue weighted by molar-refractivity contribution is 8.00. The third-order valence-corrected chi connectivity index (χ3v) is 6.41. The summed E-state index contributed by atoms with van der Waals surface area (Å²) in [6.45, 7) is 6.71. The standard InChI is InChI=1S/C18H26OS/c1-17(2,3)13-6-4-7-14(10-13)18(19)11-15-8-5-9-16(12-18)20-15/h4,6-7,10,15-16,19H,5,8-9,11-12H2,1-3H3. The summed E-state index contributed by atoms with van der Waals surface area (Å²) in [6, 6.07) is 8.67. The summed E-state index contributed by atoms with van der Waals surface area (Å²) >= 11 is 2.12. The molecule has 2 heteroatoms. The lowest BCUT2D eigenvalue weighted by atomic mass is 9.78. The summed E-state index contributed by atoms with van der Waals surface area (Å²) in [5, 5.41) is 12.5. The van der Waals surface area contributed by atoms with Gasteiger partial charge in [-0.3, -0.25) is 0 Å². The Morgan fingerprint density at radius 3 is 2.40 bits per heavy atom. The van der Waals surface area contributed by atoms with Crippen LogP contribution < -0.4 is 0 Å². The lowest BCUT2D eigenvalue weighted by Crippen LogP contribution is -2.40. The fraction of sp³-hybridized carbons (Fsp3) is 0.667. The molecular weight excluding hydrogens is 264 g/mol. The van der Waals surface area contributed by atoms with Crippen molar-refractivity contribution in [2.75, 3.05) is 0 Å². The van der Waals surface area contributed by atoms with Gasteiger partial charge in [0.05, 0.1) is 5.60 Å². The van der Waals surface area contributed by atoms with E-state index in [1.54, 1.807) is 0 Å². The first kappa shape index (κ1) is 14.5. The van der Waals surface area contributed by atoms with Crippen molar-refractivity contribution >= 4 is 11.8 Å². The average molecular weight is 290 g/mol. The maximum atomic E-state index is 11.2. The second kappa shape index (κ2) is 5.06. The normalized spacial score (nSPS) is 34.0. The van der Waals surface area contributed by atoms with Crippen LogP contribution >= 0.6 is 11.8 Å². The minimum atomic E-state index is -0.595. The molecule has 3 rings (SSSR count). The molecule has 0 spiro atoms. The van der Waals surface area contributed by atoms with E-state index < -0.39 is 5.60 Å². The van der Waals surface area contributed by atoms with Gasteiger partial charge in [0.1, 0.15) is 0 Å². The van der Waals surface area contributed by atoms with E-state index in [0.717, 1.165) is 18.4 Å². The van der Waals surface area contributed by atoms with Crippen LogP contribution in [0.2, 0.25) is 0 Å². The smallest absolute Gasteiger partial charge is 0.0917 e. The molecule has 0 aliphatic carbocycles. The zero-order valence-corrected chi connectivity index (χ0v) is 13.7. The second-order valence-corrected chi connectivity index (χ2v) is 9.19. The van der Waals surface area contributed by atoms with Crippen molar-refractivity contribution in [3.05, 3.63) is 35.4 Å². The molecule has 110 valence electrons. The zero-order chi connectivity index (χ0) is 14.4. The average Bonchev–Trinajstić information content (AvgIpc) is 2.37. The third-order valence-electron chi connectivity index (χ3n) is 4.83. The molecule has 1 N–H and O–H groups in total. The largest absolute Gasteiger partial charge is 0.385 e. The van der Waals surface area contributed by atoms with Gasteiger partial charge >= 0.3 is 0 Å². The van der Waals surface area contributed by atoms with Crippen LogP contribution in [0, 0.1) is 0 Å². The minimum absolute atomic E-state index is 0.145. The van der Waals surface area contributed by atoms with Gasteiger partial charge in [0, 0.05) is 10.5 Å². The molecule has 1 aromatic carbocycles. The molecule has 1 aromatic rings. The molecule has 0 saturated carbocycles.